The molecule has 0 spiro atoms. The number of piperazine rings is 1. The minimum Gasteiger partial charge on any atom is -0.454 e. The lowest BCUT2D eigenvalue weighted by atomic mass is 10.1. The number of hydrogen-bond donors (Lipinski definition) is 0. The normalized spacial score (nSPS) is 16.2. The molecule has 0 bridgehead atoms. The zero-order valence-corrected chi connectivity index (χ0v) is 18.2. The van der Waals surface area contributed by atoms with Crippen molar-refractivity contribution in [1.29, 1.82) is 0 Å². The topological polar surface area (TPSA) is 73.0 Å². The number of aromatic nitrogens is 5. The SMILES string of the molecule is Cc1cc(N2CCN(Cc3ccc4c(c3)OCO4)CC2)n2nc(-c3nccn3C)cc2n1. The van der Waals surface area contributed by atoms with Crippen LogP contribution in [-0.4, -0.2) is 62.0 Å². The average molecular weight is 432 g/mol. The third-order valence-corrected chi connectivity index (χ3v) is 6.13. The molecule has 164 valence electrons. The van der Waals surface area contributed by atoms with Crippen LogP contribution < -0.4 is 14.4 Å². The molecule has 0 N–H and O–H groups in total. The summed E-state index contributed by atoms with van der Waals surface area (Å²) in [5.41, 5.74) is 3.91. The fourth-order valence-corrected chi connectivity index (χ4v) is 4.46. The summed E-state index contributed by atoms with van der Waals surface area (Å²) < 4.78 is 14.9. The second-order valence-corrected chi connectivity index (χ2v) is 8.37. The van der Waals surface area contributed by atoms with Gasteiger partial charge in [0.2, 0.25) is 6.79 Å². The van der Waals surface area contributed by atoms with E-state index in [1.54, 1.807) is 6.20 Å². The Kier molecular flexibility index (Phi) is 4.50. The Morgan fingerprint density at radius 2 is 1.84 bits per heavy atom. The molecule has 0 saturated carbocycles. The summed E-state index contributed by atoms with van der Waals surface area (Å²) in [6.45, 7) is 7.07. The smallest absolute Gasteiger partial charge is 0.231 e. The molecule has 0 unspecified atom stereocenters. The van der Waals surface area contributed by atoms with Gasteiger partial charge in [0.15, 0.2) is 23.0 Å². The summed E-state index contributed by atoms with van der Waals surface area (Å²) in [6, 6.07) is 10.3. The number of rotatable bonds is 4. The molecule has 1 fully saturated rings. The first-order chi connectivity index (χ1) is 15.6. The van der Waals surface area contributed by atoms with Crippen molar-refractivity contribution in [3.05, 3.63) is 54.0 Å². The molecule has 0 radical (unpaired) electrons. The van der Waals surface area contributed by atoms with E-state index in [2.05, 4.69) is 33.0 Å². The predicted molar refractivity (Wildman–Crippen MR) is 120 cm³/mol. The van der Waals surface area contributed by atoms with E-state index in [4.69, 9.17) is 19.6 Å². The van der Waals surface area contributed by atoms with Gasteiger partial charge in [-0.2, -0.15) is 9.61 Å². The van der Waals surface area contributed by atoms with Gasteiger partial charge < -0.3 is 18.9 Å². The van der Waals surface area contributed by atoms with Crippen molar-refractivity contribution in [1.82, 2.24) is 29.0 Å². The van der Waals surface area contributed by atoms with Gasteiger partial charge in [0.05, 0.1) is 0 Å². The molecule has 0 atom stereocenters. The van der Waals surface area contributed by atoms with Crippen LogP contribution in [-0.2, 0) is 13.6 Å². The van der Waals surface area contributed by atoms with E-state index in [1.165, 1.54) is 5.56 Å². The van der Waals surface area contributed by atoms with Gasteiger partial charge in [-0.1, -0.05) is 6.07 Å². The van der Waals surface area contributed by atoms with Crippen LogP contribution in [0.15, 0.2) is 42.7 Å². The number of benzene rings is 1. The van der Waals surface area contributed by atoms with Gasteiger partial charge in [-0.05, 0) is 24.6 Å². The molecule has 4 aromatic rings. The minimum atomic E-state index is 0.312. The second kappa shape index (κ2) is 7.52. The maximum Gasteiger partial charge on any atom is 0.231 e. The number of nitrogens with zero attached hydrogens (tertiary/aromatic N) is 7. The Bertz CT molecular complexity index is 1290. The number of anilines is 1. The highest BCUT2D eigenvalue weighted by Gasteiger charge is 2.22. The average Bonchev–Trinajstić information content (AvgIpc) is 3.52. The van der Waals surface area contributed by atoms with Crippen molar-refractivity contribution >= 4 is 11.5 Å². The molecule has 6 rings (SSSR count). The van der Waals surface area contributed by atoms with Gasteiger partial charge in [-0.15, -0.1) is 0 Å². The Morgan fingerprint density at radius 3 is 2.66 bits per heavy atom. The molecular formula is C23H25N7O2. The summed E-state index contributed by atoms with van der Waals surface area (Å²) in [4.78, 5) is 14.0. The number of imidazole rings is 1. The molecule has 0 aliphatic carbocycles. The summed E-state index contributed by atoms with van der Waals surface area (Å²) >= 11 is 0. The fraction of sp³-hybridized carbons (Fsp3) is 0.348. The van der Waals surface area contributed by atoms with Crippen molar-refractivity contribution in [2.24, 2.45) is 7.05 Å². The predicted octanol–water partition coefficient (Wildman–Crippen LogP) is 2.49. The van der Waals surface area contributed by atoms with Gasteiger partial charge in [-0.3, -0.25) is 4.90 Å². The Balaban J connectivity index is 1.21. The third kappa shape index (κ3) is 3.34. The largest absolute Gasteiger partial charge is 0.454 e. The van der Waals surface area contributed by atoms with E-state index >= 15 is 0 Å². The van der Waals surface area contributed by atoms with E-state index in [9.17, 15) is 0 Å². The van der Waals surface area contributed by atoms with Crippen molar-refractivity contribution < 1.29 is 9.47 Å². The quantitative estimate of drug-likeness (QED) is 0.492. The lowest BCUT2D eigenvalue weighted by Crippen LogP contribution is -2.46. The van der Waals surface area contributed by atoms with Crippen molar-refractivity contribution in [2.75, 3.05) is 37.9 Å². The summed E-state index contributed by atoms with van der Waals surface area (Å²) in [5.74, 6) is 3.60. The van der Waals surface area contributed by atoms with E-state index in [1.807, 2.05) is 41.4 Å². The monoisotopic (exact) mass is 431 g/mol. The van der Waals surface area contributed by atoms with Crippen LogP contribution in [0.1, 0.15) is 11.3 Å². The Morgan fingerprint density at radius 1 is 1.00 bits per heavy atom. The summed E-state index contributed by atoms with van der Waals surface area (Å²) in [5, 5.41) is 4.84. The molecule has 1 aromatic carbocycles. The van der Waals surface area contributed by atoms with Crippen LogP contribution >= 0.6 is 0 Å². The zero-order valence-electron chi connectivity index (χ0n) is 18.2. The van der Waals surface area contributed by atoms with Crippen LogP contribution in [0, 0.1) is 6.92 Å². The van der Waals surface area contributed by atoms with E-state index < -0.39 is 0 Å². The lowest BCUT2D eigenvalue weighted by molar-refractivity contribution is 0.174. The highest BCUT2D eigenvalue weighted by molar-refractivity contribution is 5.61. The summed E-state index contributed by atoms with van der Waals surface area (Å²) in [6.07, 6.45) is 3.72. The van der Waals surface area contributed by atoms with Crippen molar-refractivity contribution in [3.63, 3.8) is 0 Å². The van der Waals surface area contributed by atoms with Gasteiger partial charge in [0, 0.05) is 70.0 Å². The standard InChI is InChI=1S/C23H25N7O2/c1-16-11-22(30-21(25-16)13-18(26-30)23-24-5-6-27(23)2)29-9-7-28(8-10-29)14-17-3-4-19-20(12-17)32-15-31-19/h3-6,11-13H,7-10,14-15H2,1-2H3. The highest BCUT2D eigenvalue weighted by Crippen LogP contribution is 2.33. The van der Waals surface area contributed by atoms with Crippen LogP contribution in [0.4, 0.5) is 5.82 Å². The van der Waals surface area contributed by atoms with E-state index in [0.717, 1.165) is 72.9 Å². The second-order valence-electron chi connectivity index (χ2n) is 8.37. The minimum absolute atomic E-state index is 0.312. The molecule has 5 heterocycles. The number of ether oxygens (including phenoxy) is 2. The molecule has 0 amide bonds. The maximum atomic E-state index is 5.52. The molecule has 32 heavy (non-hydrogen) atoms. The first-order valence-electron chi connectivity index (χ1n) is 10.8. The summed E-state index contributed by atoms with van der Waals surface area (Å²) in [7, 11) is 1.98. The first kappa shape index (κ1) is 19.1. The highest BCUT2D eigenvalue weighted by atomic mass is 16.7. The zero-order chi connectivity index (χ0) is 21.7. The number of hydrogen-bond acceptors (Lipinski definition) is 7. The third-order valence-electron chi connectivity index (χ3n) is 6.13. The first-order valence-corrected chi connectivity index (χ1v) is 10.8. The van der Waals surface area contributed by atoms with Gasteiger partial charge >= 0.3 is 0 Å². The van der Waals surface area contributed by atoms with Gasteiger partial charge in [-0.25, -0.2) is 9.97 Å². The fourth-order valence-electron chi connectivity index (χ4n) is 4.46. The Hall–Kier alpha value is -3.59. The molecule has 3 aromatic heterocycles. The molecule has 2 aliphatic heterocycles. The molecule has 9 nitrogen and oxygen atoms in total. The van der Waals surface area contributed by atoms with Crippen LogP contribution in [0.3, 0.4) is 0 Å². The van der Waals surface area contributed by atoms with E-state index in [-0.39, 0.29) is 0 Å². The van der Waals surface area contributed by atoms with Crippen LogP contribution in [0.2, 0.25) is 0 Å². The molecule has 2 aliphatic rings. The number of aryl methyl sites for hydroxylation is 2. The lowest BCUT2D eigenvalue weighted by Gasteiger charge is -2.36. The van der Waals surface area contributed by atoms with Crippen molar-refractivity contribution in [2.45, 2.75) is 13.5 Å². The number of fused-ring (bicyclic) bond motifs is 2. The molecule has 1 saturated heterocycles. The molecule has 9 heteroatoms. The van der Waals surface area contributed by atoms with Crippen LogP contribution in [0.25, 0.3) is 17.2 Å². The van der Waals surface area contributed by atoms with Gasteiger partial charge in [0.25, 0.3) is 0 Å². The Labute approximate surface area is 185 Å². The molecular weight excluding hydrogens is 406 g/mol. The van der Waals surface area contributed by atoms with E-state index in [0.29, 0.717) is 6.79 Å². The maximum absolute atomic E-state index is 5.52. The van der Waals surface area contributed by atoms with Crippen molar-refractivity contribution in [3.8, 4) is 23.0 Å². The van der Waals surface area contributed by atoms with Crippen LogP contribution in [0.5, 0.6) is 11.5 Å². The van der Waals surface area contributed by atoms with Gasteiger partial charge in [0.1, 0.15) is 11.5 Å².